The van der Waals surface area contributed by atoms with E-state index in [-0.39, 0.29) is 11.9 Å². The van der Waals surface area contributed by atoms with Crippen molar-refractivity contribution < 1.29 is 4.79 Å². The molecule has 3 rings (SSSR count). The van der Waals surface area contributed by atoms with Crippen molar-refractivity contribution >= 4 is 17.1 Å². The number of carbonyl (C=O) groups excluding carboxylic acids is 1. The lowest BCUT2D eigenvalue weighted by molar-refractivity contribution is 0.0941. The van der Waals surface area contributed by atoms with Gasteiger partial charge in [-0.2, -0.15) is 0 Å². The van der Waals surface area contributed by atoms with E-state index in [0.29, 0.717) is 12.1 Å². The monoisotopic (exact) mass is 337 g/mol. The number of nitrogens with one attached hydrogen (secondary N) is 1. The van der Waals surface area contributed by atoms with Gasteiger partial charge in [-0.15, -0.1) is 0 Å². The SMILES string of the molecule is Cc1ccc([C@H](CNC(=O)c2cnc3c(c2)ncn3C)N(C)C)cc1. The molecule has 0 bridgehead atoms. The molecule has 1 atom stereocenters. The van der Waals surface area contributed by atoms with E-state index in [1.165, 1.54) is 11.1 Å². The third-order valence-electron chi connectivity index (χ3n) is 4.35. The van der Waals surface area contributed by atoms with Crippen molar-refractivity contribution in [2.45, 2.75) is 13.0 Å². The molecule has 0 saturated heterocycles. The summed E-state index contributed by atoms with van der Waals surface area (Å²) in [6.45, 7) is 2.59. The van der Waals surface area contributed by atoms with Crippen LogP contribution in [0, 0.1) is 6.92 Å². The fourth-order valence-corrected chi connectivity index (χ4v) is 2.82. The highest BCUT2D eigenvalue weighted by molar-refractivity contribution is 5.96. The molecule has 0 unspecified atom stereocenters. The molecule has 0 saturated carbocycles. The smallest absolute Gasteiger partial charge is 0.252 e. The van der Waals surface area contributed by atoms with Gasteiger partial charge >= 0.3 is 0 Å². The summed E-state index contributed by atoms with van der Waals surface area (Å²) in [6, 6.07) is 10.3. The third kappa shape index (κ3) is 3.69. The Hall–Kier alpha value is -2.73. The zero-order chi connectivity index (χ0) is 18.0. The Bertz CT molecular complexity index is 882. The minimum absolute atomic E-state index is 0.107. The first kappa shape index (κ1) is 17.1. The Labute approximate surface area is 147 Å². The molecule has 25 heavy (non-hydrogen) atoms. The van der Waals surface area contributed by atoms with Crippen LogP contribution < -0.4 is 5.32 Å². The van der Waals surface area contributed by atoms with E-state index < -0.39 is 0 Å². The Kier molecular flexibility index (Phi) is 4.81. The Morgan fingerprint density at radius 2 is 1.96 bits per heavy atom. The van der Waals surface area contributed by atoms with Gasteiger partial charge in [0.15, 0.2) is 5.65 Å². The summed E-state index contributed by atoms with van der Waals surface area (Å²) >= 11 is 0. The quantitative estimate of drug-likeness (QED) is 0.776. The second-order valence-electron chi connectivity index (χ2n) is 6.52. The maximum absolute atomic E-state index is 12.5. The number of hydrogen-bond acceptors (Lipinski definition) is 4. The molecule has 3 aromatic rings. The molecule has 0 aliphatic carbocycles. The van der Waals surface area contributed by atoms with Crippen molar-refractivity contribution in [3.05, 3.63) is 59.5 Å². The minimum atomic E-state index is -0.140. The highest BCUT2D eigenvalue weighted by atomic mass is 16.1. The first-order valence-corrected chi connectivity index (χ1v) is 8.24. The molecule has 6 nitrogen and oxygen atoms in total. The predicted octanol–water partition coefficient (Wildman–Crippen LogP) is 2.31. The highest BCUT2D eigenvalue weighted by Crippen LogP contribution is 2.18. The van der Waals surface area contributed by atoms with Crippen molar-refractivity contribution in [1.82, 2.24) is 24.8 Å². The normalized spacial score (nSPS) is 12.5. The number of benzene rings is 1. The number of rotatable bonds is 5. The van der Waals surface area contributed by atoms with Crippen LogP contribution in [0.3, 0.4) is 0 Å². The van der Waals surface area contributed by atoms with Gasteiger partial charge in [-0.3, -0.25) is 4.79 Å². The van der Waals surface area contributed by atoms with Crippen molar-refractivity contribution in [3.63, 3.8) is 0 Å². The van der Waals surface area contributed by atoms with Gasteiger partial charge < -0.3 is 14.8 Å². The van der Waals surface area contributed by atoms with Gasteiger partial charge in [0, 0.05) is 19.8 Å². The molecule has 6 heteroatoms. The molecule has 1 amide bonds. The van der Waals surface area contributed by atoms with Crippen molar-refractivity contribution in [1.29, 1.82) is 0 Å². The number of likely N-dealkylation sites (N-methyl/N-ethyl adjacent to an activating group) is 1. The maximum Gasteiger partial charge on any atom is 0.252 e. The average molecular weight is 337 g/mol. The predicted molar refractivity (Wildman–Crippen MR) is 98.4 cm³/mol. The zero-order valence-corrected chi connectivity index (χ0v) is 15.0. The Morgan fingerprint density at radius 3 is 2.64 bits per heavy atom. The van der Waals surface area contributed by atoms with E-state index in [1.54, 1.807) is 18.6 Å². The van der Waals surface area contributed by atoms with Crippen LogP contribution in [0.2, 0.25) is 0 Å². The molecule has 130 valence electrons. The van der Waals surface area contributed by atoms with E-state index in [9.17, 15) is 4.79 Å². The number of hydrogen-bond donors (Lipinski definition) is 1. The lowest BCUT2D eigenvalue weighted by Crippen LogP contribution is -2.34. The topological polar surface area (TPSA) is 63.1 Å². The average Bonchev–Trinajstić information content (AvgIpc) is 2.97. The van der Waals surface area contributed by atoms with Gasteiger partial charge in [0.25, 0.3) is 5.91 Å². The summed E-state index contributed by atoms with van der Waals surface area (Å²) in [5.41, 5.74) is 4.40. The second kappa shape index (κ2) is 7.03. The Balaban J connectivity index is 1.73. The number of amides is 1. The summed E-state index contributed by atoms with van der Waals surface area (Å²) in [7, 11) is 5.90. The number of fused-ring (bicyclic) bond motifs is 1. The van der Waals surface area contributed by atoms with Gasteiger partial charge in [0.2, 0.25) is 0 Å². The van der Waals surface area contributed by atoms with E-state index in [4.69, 9.17) is 0 Å². The summed E-state index contributed by atoms with van der Waals surface area (Å²) in [4.78, 5) is 23.2. The molecule has 2 aromatic heterocycles. The first-order valence-electron chi connectivity index (χ1n) is 8.24. The van der Waals surface area contributed by atoms with E-state index in [2.05, 4.69) is 51.4 Å². The van der Waals surface area contributed by atoms with Crippen LogP contribution in [0.1, 0.15) is 27.5 Å². The number of aryl methyl sites for hydroxylation is 2. The highest BCUT2D eigenvalue weighted by Gasteiger charge is 2.16. The van der Waals surface area contributed by atoms with Crippen LogP contribution >= 0.6 is 0 Å². The van der Waals surface area contributed by atoms with Gasteiger partial charge in [0.1, 0.15) is 5.52 Å². The molecule has 1 N–H and O–H groups in total. The first-order chi connectivity index (χ1) is 12.0. The van der Waals surface area contributed by atoms with Crippen LogP contribution in [0.4, 0.5) is 0 Å². The molecular formula is C19H23N5O. The van der Waals surface area contributed by atoms with Gasteiger partial charge in [-0.1, -0.05) is 29.8 Å². The van der Waals surface area contributed by atoms with Crippen LogP contribution in [-0.4, -0.2) is 46.0 Å². The van der Waals surface area contributed by atoms with Crippen LogP contribution in [0.25, 0.3) is 11.2 Å². The lowest BCUT2D eigenvalue weighted by Gasteiger charge is -2.25. The molecule has 0 aliphatic heterocycles. The minimum Gasteiger partial charge on any atom is -0.350 e. The molecule has 0 aliphatic rings. The third-order valence-corrected chi connectivity index (χ3v) is 4.35. The van der Waals surface area contributed by atoms with Crippen molar-refractivity contribution in [2.75, 3.05) is 20.6 Å². The summed E-state index contributed by atoms with van der Waals surface area (Å²) in [6.07, 6.45) is 3.29. The number of aromatic nitrogens is 3. The summed E-state index contributed by atoms with van der Waals surface area (Å²) in [5, 5.41) is 3.01. The lowest BCUT2D eigenvalue weighted by atomic mass is 10.0. The van der Waals surface area contributed by atoms with Crippen molar-refractivity contribution in [3.8, 4) is 0 Å². The molecular weight excluding hydrogens is 314 g/mol. The van der Waals surface area contributed by atoms with E-state index in [0.717, 1.165) is 11.2 Å². The number of carbonyl (C=O) groups is 1. The van der Waals surface area contributed by atoms with E-state index in [1.807, 2.05) is 25.7 Å². The summed E-state index contributed by atoms with van der Waals surface area (Å²) in [5.74, 6) is -0.140. The molecule has 1 aromatic carbocycles. The number of nitrogens with zero attached hydrogens (tertiary/aromatic N) is 4. The summed E-state index contributed by atoms with van der Waals surface area (Å²) < 4.78 is 1.83. The van der Waals surface area contributed by atoms with Crippen LogP contribution in [-0.2, 0) is 7.05 Å². The number of pyridine rings is 1. The Morgan fingerprint density at radius 1 is 1.24 bits per heavy atom. The fraction of sp³-hybridized carbons (Fsp3) is 0.316. The van der Waals surface area contributed by atoms with Crippen LogP contribution in [0.5, 0.6) is 0 Å². The van der Waals surface area contributed by atoms with E-state index >= 15 is 0 Å². The second-order valence-corrected chi connectivity index (χ2v) is 6.52. The maximum atomic E-state index is 12.5. The van der Waals surface area contributed by atoms with Gasteiger partial charge in [-0.05, 0) is 32.6 Å². The fourth-order valence-electron chi connectivity index (χ4n) is 2.82. The van der Waals surface area contributed by atoms with Gasteiger partial charge in [0.05, 0.1) is 17.9 Å². The molecule has 0 radical (unpaired) electrons. The number of imidazole rings is 1. The van der Waals surface area contributed by atoms with Crippen molar-refractivity contribution in [2.24, 2.45) is 7.05 Å². The zero-order valence-electron chi connectivity index (χ0n) is 15.0. The molecule has 0 fully saturated rings. The van der Waals surface area contributed by atoms with Crippen LogP contribution in [0.15, 0.2) is 42.9 Å². The van der Waals surface area contributed by atoms with Gasteiger partial charge in [-0.25, -0.2) is 9.97 Å². The molecule has 2 heterocycles. The molecule has 0 spiro atoms. The standard InChI is InChI=1S/C19H23N5O/c1-13-5-7-14(8-6-13)17(23(2)3)11-21-19(25)15-9-16-18(20-10-15)24(4)12-22-16/h5-10,12,17H,11H2,1-4H3,(H,21,25)/t17-/m0/s1. The largest absolute Gasteiger partial charge is 0.350 e.